The Morgan fingerprint density at radius 3 is 2.14 bits per heavy atom. The zero-order valence-corrected chi connectivity index (χ0v) is 34.4. The zero-order chi connectivity index (χ0) is 43.1. The molecule has 18 nitrogen and oxygen atoms in total. The standard InChI is InChI=1S/C40H56N8O10S/c1-4-14-30(35(50)38(53)42-22-32(49)44-33(36(41)51)26-15-8-5-9-16-26)43-37(52)31-21-28(46-47-59(56,57)29-19-12-7-13-20-29)23-48(31)39(54)34(27-17-10-6-11-18-27)45-40(55)58-24-25(2)3/h5,7-9,12-13,15-16,19-20,25,27-28,30-31,33-34,46-47H,4,6,10-11,14,17-18,21-24H2,1-3H3,(H2,41,51)(H,42,53)(H,43,52)(H,44,49)(H,45,55)/t28-,30?,31?,33+,34+/m1/s1. The first kappa shape index (κ1) is 46.3. The zero-order valence-electron chi connectivity index (χ0n) is 33.6. The van der Waals surface area contributed by atoms with E-state index < -0.39 is 88.2 Å². The van der Waals surface area contributed by atoms with Crippen LogP contribution < -0.4 is 37.3 Å². The van der Waals surface area contributed by atoms with Crippen molar-refractivity contribution in [3.63, 3.8) is 0 Å². The van der Waals surface area contributed by atoms with Gasteiger partial charge in [0.25, 0.3) is 15.9 Å². The molecule has 4 rings (SSSR count). The Bertz CT molecular complexity index is 1890. The van der Waals surface area contributed by atoms with E-state index in [1.165, 1.54) is 17.0 Å². The Kier molecular flexibility index (Phi) is 17.3. The highest BCUT2D eigenvalue weighted by Crippen LogP contribution is 2.30. The molecule has 0 bridgehead atoms. The van der Waals surface area contributed by atoms with Gasteiger partial charge in [0.15, 0.2) is 0 Å². The number of ketones is 1. The van der Waals surface area contributed by atoms with Crippen molar-refractivity contribution in [2.45, 2.75) is 107 Å². The Balaban J connectivity index is 1.51. The van der Waals surface area contributed by atoms with Crippen molar-refractivity contribution in [1.82, 2.24) is 36.4 Å². The molecular weight excluding hydrogens is 785 g/mol. The first-order valence-corrected chi connectivity index (χ1v) is 21.4. The normalized spacial score (nSPS) is 18.5. The number of carbonyl (C=O) groups excluding carboxylic acids is 7. The third-order valence-corrected chi connectivity index (χ3v) is 11.4. The number of nitrogens with zero attached hydrogens (tertiary/aromatic N) is 1. The summed E-state index contributed by atoms with van der Waals surface area (Å²) in [6.45, 7) is 4.75. The first-order valence-electron chi connectivity index (χ1n) is 19.9. The monoisotopic (exact) mass is 840 g/mol. The minimum atomic E-state index is -4.05. The van der Waals surface area contributed by atoms with Gasteiger partial charge in [-0.2, -0.15) is 0 Å². The number of ether oxygens (including phenoxy) is 1. The van der Waals surface area contributed by atoms with E-state index in [-0.39, 0.29) is 42.7 Å². The van der Waals surface area contributed by atoms with Crippen LogP contribution in [0.4, 0.5) is 4.79 Å². The van der Waals surface area contributed by atoms with Gasteiger partial charge in [-0.05, 0) is 55.2 Å². The molecule has 19 heteroatoms. The maximum Gasteiger partial charge on any atom is 0.407 e. The van der Waals surface area contributed by atoms with Crippen LogP contribution in [-0.4, -0.2) is 98.6 Å². The molecule has 1 aliphatic carbocycles. The molecule has 2 aromatic carbocycles. The van der Waals surface area contributed by atoms with Gasteiger partial charge in [-0.15, -0.1) is 4.83 Å². The number of likely N-dealkylation sites (tertiary alicyclic amines) is 1. The molecule has 2 aromatic rings. The van der Waals surface area contributed by atoms with Gasteiger partial charge in [0.2, 0.25) is 29.4 Å². The van der Waals surface area contributed by atoms with Gasteiger partial charge in [-0.25, -0.2) is 18.6 Å². The van der Waals surface area contributed by atoms with Crippen LogP contribution in [0.1, 0.15) is 83.7 Å². The number of hydrogen-bond acceptors (Lipinski definition) is 11. The van der Waals surface area contributed by atoms with Crippen LogP contribution in [0, 0.1) is 11.8 Å². The Morgan fingerprint density at radius 1 is 0.881 bits per heavy atom. The molecule has 0 aromatic heterocycles. The summed E-state index contributed by atoms with van der Waals surface area (Å²) in [6, 6.07) is 10.1. The van der Waals surface area contributed by atoms with Crippen LogP contribution in [0.2, 0.25) is 0 Å². The minimum Gasteiger partial charge on any atom is -0.449 e. The number of benzene rings is 2. The summed E-state index contributed by atoms with van der Waals surface area (Å²) < 4.78 is 31.5. The number of amides is 6. The largest absolute Gasteiger partial charge is 0.449 e. The van der Waals surface area contributed by atoms with Crippen molar-refractivity contribution >= 4 is 51.4 Å². The summed E-state index contributed by atoms with van der Waals surface area (Å²) >= 11 is 0. The van der Waals surface area contributed by atoms with Gasteiger partial charge in [0.1, 0.15) is 18.1 Å². The number of hydrazine groups is 1. The van der Waals surface area contributed by atoms with Crippen LogP contribution in [0.3, 0.4) is 0 Å². The van der Waals surface area contributed by atoms with Crippen molar-refractivity contribution in [2.75, 3.05) is 19.7 Å². The summed E-state index contributed by atoms with van der Waals surface area (Å²) in [5.41, 5.74) is 8.62. The fourth-order valence-corrected chi connectivity index (χ4v) is 8.05. The quantitative estimate of drug-likeness (QED) is 0.0733. The fourth-order valence-electron chi connectivity index (χ4n) is 7.10. The topological polar surface area (TPSA) is 264 Å². The molecule has 8 N–H and O–H groups in total. The molecule has 2 unspecified atom stereocenters. The molecule has 5 atom stereocenters. The maximum absolute atomic E-state index is 14.5. The van der Waals surface area contributed by atoms with Crippen LogP contribution >= 0.6 is 0 Å². The highest BCUT2D eigenvalue weighted by Gasteiger charge is 2.45. The van der Waals surface area contributed by atoms with Gasteiger partial charge < -0.3 is 36.6 Å². The smallest absolute Gasteiger partial charge is 0.407 e. The Labute approximate surface area is 344 Å². The number of hydrogen-bond donors (Lipinski definition) is 7. The van der Waals surface area contributed by atoms with E-state index in [9.17, 15) is 42.0 Å². The number of sulfonamides is 1. The molecule has 2 fully saturated rings. The molecule has 2 aliphatic rings. The second-order valence-corrected chi connectivity index (χ2v) is 16.9. The molecule has 322 valence electrons. The SMILES string of the molecule is CCCC(NC(=O)C1C[C@@H](NNS(=O)(=O)c2ccccc2)CN1C(=O)[C@@H](NC(=O)OCC(C)C)C1CCCCC1)C(=O)C(=O)NCC(=O)N[C@H](C(N)=O)c1ccccc1. The molecular formula is C40H56N8O10S. The van der Waals surface area contributed by atoms with Crippen molar-refractivity contribution < 1.29 is 46.7 Å². The lowest BCUT2D eigenvalue weighted by atomic mass is 9.83. The van der Waals surface area contributed by atoms with Crippen molar-refractivity contribution in [1.29, 1.82) is 0 Å². The third kappa shape index (κ3) is 13.6. The van der Waals surface area contributed by atoms with Gasteiger partial charge in [-0.1, -0.05) is 95.0 Å². The van der Waals surface area contributed by atoms with E-state index in [1.54, 1.807) is 55.5 Å². The van der Waals surface area contributed by atoms with Crippen molar-refractivity contribution in [2.24, 2.45) is 17.6 Å². The van der Waals surface area contributed by atoms with Gasteiger partial charge in [0.05, 0.1) is 24.1 Å². The number of nitrogens with two attached hydrogens (primary N) is 1. The average molecular weight is 841 g/mol. The van der Waals surface area contributed by atoms with E-state index in [1.807, 2.05) is 13.8 Å². The fraction of sp³-hybridized carbons (Fsp3) is 0.525. The van der Waals surface area contributed by atoms with E-state index in [0.717, 1.165) is 19.3 Å². The summed E-state index contributed by atoms with van der Waals surface area (Å²) in [4.78, 5) is 96.5. The molecule has 6 amide bonds. The van der Waals surface area contributed by atoms with Crippen LogP contribution in [0.25, 0.3) is 0 Å². The Hall–Kier alpha value is -5.40. The lowest BCUT2D eigenvalue weighted by molar-refractivity contribution is -0.143. The lowest BCUT2D eigenvalue weighted by Crippen LogP contribution is -2.58. The van der Waals surface area contributed by atoms with E-state index in [0.29, 0.717) is 24.8 Å². The lowest BCUT2D eigenvalue weighted by Gasteiger charge is -2.34. The number of alkyl carbamates (subject to hydrolysis) is 1. The molecule has 1 saturated carbocycles. The van der Waals surface area contributed by atoms with Crippen LogP contribution in [-0.2, 0) is 43.5 Å². The average Bonchev–Trinajstić information content (AvgIpc) is 3.67. The second-order valence-electron chi connectivity index (χ2n) is 15.2. The minimum absolute atomic E-state index is 0.0187. The molecule has 0 spiro atoms. The van der Waals surface area contributed by atoms with E-state index in [4.69, 9.17) is 10.5 Å². The molecule has 1 aliphatic heterocycles. The van der Waals surface area contributed by atoms with Crippen LogP contribution in [0.5, 0.6) is 0 Å². The molecule has 59 heavy (non-hydrogen) atoms. The number of primary amides is 1. The second kappa shape index (κ2) is 22.1. The van der Waals surface area contributed by atoms with Gasteiger partial charge in [0, 0.05) is 12.6 Å². The van der Waals surface area contributed by atoms with Crippen LogP contribution in [0.15, 0.2) is 65.6 Å². The predicted octanol–water partition coefficient (Wildman–Crippen LogP) is 1.08. The number of Topliss-reactive ketones (excluding diaryl/α,β-unsaturated/α-hetero) is 1. The highest BCUT2D eigenvalue weighted by atomic mass is 32.2. The Morgan fingerprint density at radius 2 is 1.53 bits per heavy atom. The van der Waals surface area contributed by atoms with Gasteiger partial charge in [-0.3, -0.25) is 28.8 Å². The summed E-state index contributed by atoms with van der Waals surface area (Å²) in [7, 11) is -4.05. The van der Waals surface area contributed by atoms with E-state index in [2.05, 4.69) is 31.5 Å². The predicted molar refractivity (Wildman–Crippen MR) is 215 cm³/mol. The summed E-state index contributed by atoms with van der Waals surface area (Å²) in [5.74, 6) is -5.47. The highest BCUT2D eigenvalue weighted by molar-refractivity contribution is 7.89. The van der Waals surface area contributed by atoms with Gasteiger partial charge >= 0.3 is 6.09 Å². The number of nitrogens with one attached hydrogen (secondary N) is 6. The molecule has 1 heterocycles. The summed E-state index contributed by atoms with van der Waals surface area (Å²) in [6.07, 6.45) is 3.38. The van der Waals surface area contributed by atoms with Crippen molar-refractivity contribution in [3.05, 3.63) is 66.2 Å². The number of carbonyl (C=O) groups is 7. The maximum atomic E-state index is 14.5. The summed E-state index contributed by atoms with van der Waals surface area (Å²) in [5, 5.41) is 10.00. The first-order chi connectivity index (χ1) is 28.1. The molecule has 1 saturated heterocycles. The van der Waals surface area contributed by atoms with E-state index >= 15 is 0 Å². The molecule has 0 radical (unpaired) electrons. The number of rotatable bonds is 20. The third-order valence-electron chi connectivity index (χ3n) is 10.1. The van der Waals surface area contributed by atoms with Crippen molar-refractivity contribution in [3.8, 4) is 0 Å².